The maximum atomic E-state index is 12.6. The van der Waals surface area contributed by atoms with Crippen LogP contribution >= 0.6 is 11.6 Å². The zero-order valence-electron chi connectivity index (χ0n) is 11.1. The lowest BCUT2D eigenvalue weighted by atomic mass is 10.2. The third-order valence-electron chi connectivity index (χ3n) is 2.53. The maximum Gasteiger partial charge on any atom is 0.451 e. The highest BCUT2D eigenvalue weighted by Gasteiger charge is 2.35. The number of nitrogens with zero attached hydrogens (tertiary/aromatic N) is 2. The molecule has 0 unspecified atom stereocenters. The summed E-state index contributed by atoms with van der Waals surface area (Å²) in [6.07, 6.45) is -4.70. The zero-order valence-corrected chi connectivity index (χ0v) is 11.9. The van der Waals surface area contributed by atoms with Gasteiger partial charge in [0.05, 0.1) is 12.7 Å². The van der Waals surface area contributed by atoms with Crippen LogP contribution in [0.3, 0.4) is 0 Å². The second kappa shape index (κ2) is 6.18. The van der Waals surface area contributed by atoms with Crippen LogP contribution in [-0.4, -0.2) is 23.0 Å². The van der Waals surface area contributed by atoms with E-state index in [1.165, 1.54) is 31.4 Å². The summed E-state index contributed by atoms with van der Waals surface area (Å²) >= 11 is 5.56. The lowest BCUT2D eigenvalue weighted by Gasteiger charge is -2.10. The van der Waals surface area contributed by atoms with E-state index in [0.29, 0.717) is 11.3 Å². The molecule has 5 nitrogen and oxygen atoms in total. The number of hydrogen-bond donors (Lipinski definition) is 1. The Labute approximate surface area is 128 Å². The molecule has 0 fully saturated rings. The van der Waals surface area contributed by atoms with Gasteiger partial charge in [-0.2, -0.15) is 13.2 Å². The van der Waals surface area contributed by atoms with Gasteiger partial charge in [0.25, 0.3) is 0 Å². The second-order valence-electron chi connectivity index (χ2n) is 4.09. The maximum absolute atomic E-state index is 12.6. The summed E-state index contributed by atoms with van der Waals surface area (Å²) in [5.41, 5.74) is 0.736. The molecule has 0 saturated heterocycles. The molecule has 9 heteroatoms. The summed E-state index contributed by atoms with van der Waals surface area (Å²) in [6.45, 7) is 0. The van der Waals surface area contributed by atoms with E-state index in [1.54, 1.807) is 0 Å². The number of benzene rings is 1. The first-order valence-electron chi connectivity index (χ1n) is 5.87. The Morgan fingerprint density at radius 1 is 1.23 bits per heavy atom. The average Bonchev–Trinajstić information content (AvgIpc) is 2.45. The normalized spacial score (nSPS) is 11.1. The van der Waals surface area contributed by atoms with Gasteiger partial charge in [0, 0.05) is 11.8 Å². The number of carbonyl (C=O) groups is 1. The van der Waals surface area contributed by atoms with E-state index in [4.69, 9.17) is 11.6 Å². The van der Waals surface area contributed by atoms with Crippen molar-refractivity contribution in [3.05, 3.63) is 46.9 Å². The first-order valence-corrected chi connectivity index (χ1v) is 6.24. The van der Waals surface area contributed by atoms with Crippen LogP contribution in [0.1, 0.15) is 16.2 Å². The van der Waals surface area contributed by atoms with Crippen LogP contribution in [0.2, 0.25) is 5.15 Å². The molecule has 1 aromatic heterocycles. The standard InChI is InChI=1S/C13H9ClF3N3O2/c1-22-11(21)7-2-4-8(5-3-7)18-10-6-9(14)19-12(20-10)13(15,16)17/h2-6H,1H3,(H,18,19,20). The summed E-state index contributed by atoms with van der Waals surface area (Å²) in [5, 5.41) is 2.32. The number of hydrogen-bond acceptors (Lipinski definition) is 5. The van der Waals surface area contributed by atoms with Crippen molar-refractivity contribution in [1.82, 2.24) is 9.97 Å². The fourth-order valence-electron chi connectivity index (χ4n) is 1.56. The lowest BCUT2D eigenvalue weighted by Crippen LogP contribution is -2.12. The number of nitrogens with one attached hydrogen (secondary N) is 1. The Morgan fingerprint density at radius 2 is 1.86 bits per heavy atom. The molecule has 0 atom stereocenters. The van der Waals surface area contributed by atoms with Gasteiger partial charge >= 0.3 is 12.1 Å². The van der Waals surface area contributed by atoms with Crippen molar-refractivity contribution >= 4 is 29.1 Å². The molecule has 1 N–H and O–H groups in total. The van der Waals surface area contributed by atoms with Crippen LogP contribution in [0.5, 0.6) is 0 Å². The van der Waals surface area contributed by atoms with Gasteiger partial charge in [-0.15, -0.1) is 0 Å². The van der Waals surface area contributed by atoms with Crippen LogP contribution in [0.25, 0.3) is 0 Å². The van der Waals surface area contributed by atoms with E-state index in [9.17, 15) is 18.0 Å². The molecule has 0 aliphatic heterocycles. The van der Waals surface area contributed by atoms with Gasteiger partial charge in [-0.1, -0.05) is 11.6 Å². The number of rotatable bonds is 3. The molecule has 116 valence electrons. The molecule has 2 aromatic rings. The quantitative estimate of drug-likeness (QED) is 0.686. The number of ether oxygens (including phenoxy) is 1. The molecule has 0 aliphatic carbocycles. The average molecular weight is 332 g/mol. The van der Waals surface area contributed by atoms with E-state index in [-0.39, 0.29) is 11.0 Å². The van der Waals surface area contributed by atoms with Gasteiger partial charge in [-0.3, -0.25) is 0 Å². The number of anilines is 2. The minimum atomic E-state index is -4.70. The monoisotopic (exact) mass is 331 g/mol. The molecular weight excluding hydrogens is 323 g/mol. The van der Waals surface area contributed by atoms with Crippen molar-refractivity contribution in [2.45, 2.75) is 6.18 Å². The molecule has 0 spiro atoms. The fourth-order valence-corrected chi connectivity index (χ4v) is 1.75. The van der Waals surface area contributed by atoms with Crippen LogP contribution in [0, 0.1) is 0 Å². The topological polar surface area (TPSA) is 64.1 Å². The van der Waals surface area contributed by atoms with Crippen LogP contribution in [0.15, 0.2) is 30.3 Å². The predicted molar refractivity (Wildman–Crippen MR) is 73.1 cm³/mol. The molecule has 22 heavy (non-hydrogen) atoms. The first-order chi connectivity index (χ1) is 10.3. The highest BCUT2D eigenvalue weighted by Crippen LogP contribution is 2.29. The largest absolute Gasteiger partial charge is 0.465 e. The van der Waals surface area contributed by atoms with Gasteiger partial charge in [0.2, 0.25) is 5.82 Å². The van der Waals surface area contributed by atoms with Crippen LogP contribution < -0.4 is 5.32 Å². The van der Waals surface area contributed by atoms with Crippen molar-refractivity contribution in [3.8, 4) is 0 Å². The van der Waals surface area contributed by atoms with Crippen molar-refractivity contribution < 1.29 is 22.7 Å². The van der Waals surface area contributed by atoms with Crippen molar-refractivity contribution in [2.75, 3.05) is 12.4 Å². The van der Waals surface area contributed by atoms with Gasteiger partial charge in [0.15, 0.2) is 0 Å². The Hall–Kier alpha value is -2.35. The first kappa shape index (κ1) is 16.0. The number of alkyl halides is 3. The summed E-state index contributed by atoms with van der Waals surface area (Å²) < 4.78 is 42.4. The molecule has 0 radical (unpaired) electrons. The third kappa shape index (κ3) is 3.85. The van der Waals surface area contributed by atoms with Crippen LogP contribution in [0.4, 0.5) is 24.7 Å². The Morgan fingerprint density at radius 3 is 2.41 bits per heavy atom. The molecule has 2 rings (SSSR count). The van der Waals surface area contributed by atoms with E-state index in [1.807, 2.05) is 0 Å². The fraction of sp³-hybridized carbons (Fsp3) is 0.154. The SMILES string of the molecule is COC(=O)c1ccc(Nc2cc(Cl)nc(C(F)(F)F)n2)cc1. The molecule has 0 bridgehead atoms. The minimum absolute atomic E-state index is 0.113. The predicted octanol–water partition coefficient (Wildman–Crippen LogP) is 3.68. The highest BCUT2D eigenvalue weighted by atomic mass is 35.5. The van der Waals surface area contributed by atoms with Crippen molar-refractivity contribution in [2.24, 2.45) is 0 Å². The van der Waals surface area contributed by atoms with Crippen molar-refractivity contribution in [1.29, 1.82) is 0 Å². The molecule has 0 aliphatic rings. The van der Waals surface area contributed by atoms with Gasteiger partial charge < -0.3 is 10.1 Å². The Balaban J connectivity index is 2.24. The summed E-state index contributed by atoms with van der Waals surface area (Å²) in [7, 11) is 1.25. The Kier molecular flexibility index (Phi) is 4.51. The van der Waals surface area contributed by atoms with E-state index < -0.39 is 18.0 Å². The van der Waals surface area contributed by atoms with Gasteiger partial charge in [0.1, 0.15) is 11.0 Å². The molecule has 0 amide bonds. The summed E-state index contributed by atoms with van der Waals surface area (Å²) in [5.74, 6) is -1.97. The summed E-state index contributed by atoms with van der Waals surface area (Å²) in [6, 6.07) is 7.07. The molecule has 1 heterocycles. The highest BCUT2D eigenvalue weighted by molar-refractivity contribution is 6.29. The second-order valence-corrected chi connectivity index (χ2v) is 4.48. The molecule has 1 aromatic carbocycles. The van der Waals surface area contributed by atoms with E-state index >= 15 is 0 Å². The molecular formula is C13H9ClF3N3O2. The zero-order chi connectivity index (χ0) is 16.3. The number of halogens is 4. The number of aromatic nitrogens is 2. The van der Waals surface area contributed by atoms with E-state index in [0.717, 1.165) is 6.07 Å². The summed E-state index contributed by atoms with van der Waals surface area (Å²) in [4.78, 5) is 17.8. The number of carbonyl (C=O) groups excluding carboxylic acids is 1. The Bertz CT molecular complexity index is 690. The third-order valence-corrected chi connectivity index (χ3v) is 2.72. The number of methoxy groups -OCH3 is 1. The molecule has 0 saturated carbocycles. The van der Waals surface area contributed by atoms with E-state index in [2.05, 4.69) is 20.0 Å². The minimum Gasteiger partial charge on any atom is -0.465 e. The van der Waals surface area contributed by atoms with Crippen LogP contribution in [-0.2, 0) is 10.9 Å². The van der Waals surface area contributed by atoms with Gasteiger partial charge in [-0.25, -0.2) is 14.8 Å². The lowest BCUT2D eigenvalue weighted by molar-refractivity contribution is -0.144. The van der Waals surface area contributed by atoms with Crippen molar-refractivity contribution in [3.63, 3.8) is 0 Å². The van der Waals surface area contributed by atoms with Gasteiger partial charge in [-0.05, 0) is 24.3 Å². The number of esters is 1. The smallest absolute Gasteiger partial charge is 0.451 e.